The molecule has 2 rings (SSSR count). The van der Waals surface area contributed by atoms with Crippen molar-refractivity contribution in [1.82, 2.24) is 10.2 Å². The Morgan fingerprint density at radius 1 is 1.05 bits per heavy atom. The first-order valence-corrected chi connectivity index (χ1v) is 12.0. The van der Waals surface area contributed by atoms with Gasteiger partial charge < -0.3 is 15.6 Å². The van der Waals surface area contributed by atoms with Crippen LogP contribution in [0.15, 0.2) is 64.1 Å². The van der Waals surface area contributed by atoms with Crippen LogP contribution in [0.2, 0.25) is 0 Å². The summed E-state index contributed by atoms with van der Waals surface area (Å²) < 4.78 is 0. The van der Waals surface area contributed by atoms with Gasteiger partial charge in [0.15, 0.2) is 5.78 Å². The van der Waals surface area contributed by atoms with Gasteiger partial charge in [-0.25, -0.2) is 9.98 Å². The second-order valence-corrected chi connectivity index (χ2v) is 8.18. The van der Waals surface area contributed by atoms with Crippen LogP contribution in [0.25, 0.3) is 0 Å². The number of aliphatic imine (C=N–C) groups is 2. The molecule has 0 fully saturated rings. The van der Waals surface area contributed by atoms with Crippen LogP contribution in [0.3, 0.4) is 0 Å². The van der Waals surface area contributed by atoms with Crippen molar-refractivity contribution in [3.8, 4) is 0 Å². The highest BCUT2D eigenvalue weighted by Crippen LogP contribution is 2.09. The van der Waals surface area contributed by atoms with Gasteiger partial charge in [-0.05, 0) is 33.1 Å². The SMILES string of the molecule is CC1=CCCC=C1.CNC(=O)C=NC(=O)C(CCC(=O)C=N)N(C)C(=O)C=NC(C)=O.Cc1ccccc1. The predicted octanol–water partition coefficient (Wildman–Crippen LogP) is 3.05. The van der Waals surface area contributed by atoms with E-state index in [1.54, 1.807) is 0 Å². The zero-order valence-electron chi connectivity index (χ0n) is 22.6. The third-order valence-electron chi connectivity index (χ3n) is 4.96. The number of benzene rings is 1. The van der Waals surface area contributed by atoms with Gasteiger partial charge in [0.05, 0.1) is 18.6 Å². The quantitative estimate of drug-likeness (QED) is 0.502. The number of hydrogen-bond acceptors (Lipinski definition) is 6. The van der Waals surface area contributed by atoms with Crippen molar-refractivity contribution in [2.45, 2.75) is 52.5 Å². The first kappa shape index (κ1) is 33.7. The molecule has 1 aromatic carbocycles. The summed E-state index contributed by atoms with van der Waals surface area (Å²) >= 11 is 0. The highest BCUT2D eigenvalue weighted by molar-refractivity contribution is 6.30. The van der Waals surface area contributed by atoms with Gasteiger partial charge in [0.1, 0.15) is 6.04 Å². The van der Waals surface area contributed by atoms with Crippen LogP contribution in [0.1, 0.15) is 45.1 Å². The molecule has 1 unspecified atom stereocenters. The number of Topliss-reactive ketones (excluding diaryl/α,β-unsaturated/α-hetero) is 1. The minimum Gasteiger partial charge on any atom is -0.354 e. The molecule has 0 spiro atoms. The topological polar surface area (TPSA) is 149 Å². The normalized spacial score (nSPS) is 12.7. The number of carbonyl (C=O) groups excluding carboxylic acids is 5. The molecule has 1 atom stereocenters. The van der Waals surface area contributed by atoms with Gasteiger partial charge in [-0.15, -0.1) is 0 Å². The van der Waals surface area contributed by atoms with Gasteiger partial charge in [-0.2, -0.15) is 0 Å². The molecule has 0 saturated carbocycles. The zero-order valence-corrected chi connectivity index (χ0v) is 22.6. The molecular formula is C28H37N5O5. The fourth-order valence-corrected chi connectivity index (χ4v) is 2.78. The van der Waals surface area contributed by atoms with Crippen LogP contribution < -0.4 is 5.32 Å². The van der Waals surface area contributed by atoms with Gasteiger partial charge in [0, 0.05) is 27.4 Å². The molecule has 0 aliphatic heterocycles. The fraction of sp³-hybridized carbons (Fsp3) is 0.357. The molecule has 204 valence electrons. The summed E-state index contributed by atoms with van der Waals surface area (Å²) in [4.78, 5) is 64.8. The largest absolute Gasteiger partial charge is 0.354 e. The minimum atomic E-state index is -1.14. The van der Waals surface area contributed by atoms with Crippen LogP contribution in [-0.4, -0.2) is 73.1 Å². The van der Waals surface area contributed by atoms with E-state index in [0.717, 1.165) is 24.3 Å². The molecule has 0 bridgehead atoms. The summed E-state index contributed by atoms with van der Waals surface area (Å²) in [7, 11) is 2.63. The lowest BCUT2D eigenvalue weighted by molar-refractivity contribution is -0.133. The van der Waals surface area contributed by atoms with Gasteiger partial charge in [-0.1, -0.05) is 59.7 Å². The lowest BCUT2D eigenvalue weighted by Crippen LogP contribution is -2.43. The Labute approximate surface area is 224 Å². The van der Waals surface area contributed by atoms with Gasteiger partial charge in [-0.3, -0.25) is 24.0 Å². The van der Waals surface area contributed by atoms with Crippen molar-refractivity contribution in [2.24, 2.45) is 9.98 Å². The molecule has 4 amide bonds. The number of hydrogen-bond donors (Lipinski definition) is 2. The Hall–Kier alpha value is -4.34. The second kappa shape index (κ2) is 19.8. The van der Waals surface area contributed by atoms with Gasteiger partial charge in [0.25, 0.3) is 17.7 Å². The maximum Gasteiger partial charge on any atom is 0.268 e. The highest BCUT2D eigenvalue weighted by Gasteiger charge is 2.26. The third kappa shape index (κ3) is 16.4. The predicted molar refractivity (Wildman–Crippen MR) is 150 cm³/mol. The number of allylic oxidation sites excluding steroid dienone is 4. The summed E-state index contributed by atoms with van der Waals surface area (Å²) in [6, 6.07) is 9.12. The maximum absolute atomic E-state index is 12.1. The average Bonchev–Trinajstić information content (AvgIpc) is 2.91. The summed E-state index contributed by atoms with van der Waals surface area (Å²) in [5.41, 5.74) is 2.73. The van der Waals surface area contributed by atoms with Crippen molar-refractivity contribution < 1.29 is 24.0 Å². The van der Waals surface area contributed by atoms with Crippen molar-refractivity contribution in [3.05, 3.63) is 59.7 Å². The Morgan fingerprint density at radius 3 is 2.13 bits per heavy atom. The Morgan fingerprint density at radius 2 is 1.71 bits per heavy atom. The lowest BCUT2D eigenvalue weighted by atomic mass is 10.1. The molecular weight excluding hydrogens is 486 g/mol. The summed E-state index contributed by atoms with van der Waals surface area (Å²) in [6.45, 7) is 5.37. The number of rotatable bonds is 8. The van der Waals surface area contributed by atoms with E-state index in [1.165, 1.54) is 38.1 Å². The van der Waals surface area contributed by atoms with Crippen LogP contribution in [0.5, 0.6) is 0 Å². The maximum atomic E-state index is 12.1. The molecule has 38 heavy (non-hydrogen) atoms. The molecule has 0 radical (unpaired) electrons. The molecule has 1 aromatic rings. The number of nitrogens with zero attached hydrogens (tertiary/aromatic N) is 3. The van der Waals surface area contributed by atoms with Crippen molar-refractivity contribution in [3.63, 3.8) is 0 Å². The summed E-state index contributed by atoms with van der Waals surface area (Å²) in [6.07, 6.45) is 11.0. The van der Waals surface area contributed by atoms with Crippen molar-refractivity contribution in [1.29, 1.82) is 5.41 Å². The number of ketones is 1. The Bertz CT molecular complexity index is 1070. The second-order valence-electron chi connectivity index (χ2n) is 8.18. The summed E-state index contributed by atoms with van der Waals surface area (Å²) in [5, 5.41) is 9.09. The van der Waals surface area contributed by atoms with Gasteiger partial charge >= 0.3 is 0 Å². The first-order valence-electron chi connectivity index (χ1n) is 12.0. The van der Waals surface area contributed by atoms with Crippen LogP contribution in [0, 0.1) is 12.3 Å². The van der Waals surface area contributed by atoms with Crippen LogP contribution in [0.4, 0.5) is 0 Å². The smallest absolute Gasteiger partial charge is 0.268 e. The van der Waals surface area contributed by atoms with E-state index in [4.69, 9.17) is 5.41 Å². The Kier molecular flexibility index (Phi) is 17.5. The van der Waals surface area contributed by atoms with E-state index in [1.807, 2.05) is 18.2 Å². The molecule has 1 aliphatic rings. The number of likely N-dealkylation sites (N-methyl/N-ethyl adjacent to an activating group) is 1. The van der Waals surface area contributed by atoms with E-state index in [0.29, 0.717) is 6.21 Å². The molecule has 10 nitrogen and oxygen atoms in total. The monoisotopic (exact) mass is 523 g/mol. The van der Waals surface area contributed by atoms with E-state index < -0.39 is 35.5 Å². The van der Waals surface area contributed by atoms with Crippen LogP contribution in [-0.2, 0) is 24.0 Å². The number of carbonyl (C=O) groups is 5. The number of nitrogens with one attached hydrogen (secondary N) is 2. The van der Waals surface area contributed by atoms with E-state index in [-0.39, 0.29) is 12.8 Å². The van der Waals surface area contributed by atoms with E-state index >= 15 is 0 Å². The van der Waals surface area contributed by atoms with E-state index in [9.17, 15) is 24.0 Å². The molecule has 0 heterocycles. The van der Waals surface area contributed by atoms with Crippen molar-refractivity contribution >= 4 is 48.1 Å². The van der Waals surface area contributed by atoms with Gasteiger partial charge in [0.2, 0.25) is 5.91 Å². The minimum absolute atomic E-state index is 0.0890. The third-order valence-corrected chi connectivity index (χ3v) is 4.96. The Balaban J connectivity index is 0.000000775. The molecule has 10 heteroatoms. The van der Waals surface area contributed by atoms with E-state index in [2.05, 4.69) is 59.5 Å². The average molecular weight is 524 g/mol. The first-order chi connectivity index (χ1) is 18.0. The summed E-state index contributed by atoms with van der Waals surface area (Å²) in [5.74, 6) is -3.27. The lowest BCUT2D eigenvalue weighted by Gasteiger charge is -2.23. The molecule has 0 saturated heterocycles. The number of aryl methyl sites for hydroxylation is 1. The highest BCUT2D eigenvalue weighted by atomic mass is 16.2. The van der Waals surface area contributed by atoms with Crippen molar-refractivity contribution in [2.75, 3.05) is 14.1 Å². The standard InChI is InChI=1S/C14H19N5O5.C7H10.C7H8/c1-9(20)17-8-13(23)19(3)11(5-4-10(21)6-15)14(24)18-7-12(22)16-2;2*1-7-5-3-2-4-6-7/h6-8,11,15H,4-5H2,1-3H3,(H,16,22);3,5-6H,2,4H2,1H3;2-6H,1H3. The molecule has 0 aromatic heterocycles. The molecule has 1 aliphatic carbocycles. The fourth-order valence-electron chi connectivity index (χ4n) is 2.78. The zero-order chi connectivity index (χ0) is 28.9. The number of amides is 4. The van der Waals surface area contributed by atoms with Crippen LogP contribution >= 0.6 is 0 Å². The molecule has 2 N–H and O–H groups in total.